The summed E-state index contributed by atoms with van der Waals surface area (Å²) in [6, 6.07) is 13.1. The fourth-order valence-corrected chi connectivity index (χ4v) is 2.94. The number of rotatable bonds is 3. The molecule has 0 fully saturated rings. The summed E-state index contributed by atoms with van der Waals surface area (Å²) >= 11 is 1.78. The van der Waals surface area contributed by atoms with E-state index >= 15 is 0 Å². The van der Waals surface area contributed by atoms with Gasteiger partial charge in [-0.05, 0) is 18.2 Å². The lowest BCUT2D eigenvalue weighted by atomic mass is 10.1. The van der Waals surface area contributed by atoms with Gasteiger partial charge in [-0.25, -0.2) is 0 Å². The van der Waals surface area contributed by atoms with Crippen LogP contribution in [0.1, 0.15) is 0 Å². The maximum Gasteiger partial charge on any atom is 0.318 e. The largest absolute Gasteiger partial charge is 0.381 e. The SMILES string of the molecule is O=S(=O)(CI)Oc1cccc2[nH]c3ccccc3c12. The number of hydrogen-bond acceptors (Lipinski definition) is 3. The summed E-state index contributed by atoms with van der Waals surface area (Å²) in [5, 5.41) is 1.75. The van der Waals surface area contributed by atoms with Crippen LogP contribution in [-0.2, 0) is 10.1 Å². The van der Waals surface area contributed by atoms with Crippen LogP contribution in [-0.4, -0.2) is 17.2 Å². The average molecular weight is 387 g/mol. The first-order valence-corrected chi connectivity index (χ1v) is 8.68. The highest BCUT2D eigenvalue weighted by atomic mass is 127. The highest BCUT2D eigenvalue weighted by molar-refractivity contribution is 14.1. The third-order valence-corrected chi connectivity index (χ3v) is 5.83. The molecule has 0 aliphatic heterocycles. The summed E-state index contributed by atoms with van der Waals surface area (Å²) in [6.07, 6.45) is 0. The Balaban J connectivity index is 2.30. The summed E-state index contributed by atoms with van der Waals surface area (Å²) < 4.78 is 28.4. The van der Waals surface area contributed by atoms with Gasteiger partial charge in [-0.1, -0.05) is 46.9 Å². The summed E-state index contributed by atoms with van der Waals surface area (Å²) in [5.41, 5.74) is 1.82. The van der Waals surface area contributed by atoms with E-state index in [4.69, 9.17) is 4.18 Å². The van der Waals surface area contributed by atoms with Gasteiger partial charge in [0.05, 0.1) is 10.9 Å². The minimum absolute atomic E-state index is 0.0799. The molecule has 1 heterocycles. The third kappa shape index (κ3) is 2.30. The van der Waals surface area contributed by atoms with Crippen LogP contribution < -0.4 is 4.18 Å². The zero-order chi connectivity index (χ0) is 13.5. The van der Waals surface area contributed by atoms with Crippen molar-refractivity contribution < 1.29 is 12.6 Å². The van der Waals surface area contributed by atoms with Crippen molar-refractivity contribution in [1.29, 1.82) is 0 Å². The fourth-order valence-electron chi connectivity index (χ4n) is 2.10. The molecule has 0 atom stereocenters. The van der Waals surface area contributed by atoms with Crippen molar-refractivity contribution in [3.63, 3.8) is 0 Å². The van der Waals surface area contributed by atoms with Crippen LogP contribution in [0, 0.1) is 0 Å². The second-order valence-corrected chi connectivity index (χ2v) is 7.47. The molecule has 4 nitrogen and oxygen atoms in total. The summed E-state index contributed by atoms with van der Waals surface area (Å²) in [4.78, 5) is 3.25. The molecule has 0 aliphatic rings. The van der Waals surface area contributed by atoms with Crippen molar-refractivity contribution in [2.24, 2.45) is 0 Å². The third-order valence-electron chi connectivity index (χ3n) is 2.84. The quantitative estimate of drug-likeness (QED) is 0.426. The molecule has 6 heteroatoms. The highest BCUT2D eigenvalue weighted by Crippen LogP contribution is 2.33. The normalized spacial score (nSPS) is 12.1. The molecule has 1 aromatic heterocycles. The zero-order valence-corrected chi connectivity index (χ0v) is 12.7. The molecular formula is C13H10INO3S. The van der Waals surface area contributed by atoms with Crippen LogP contribution in [0.5, 0.6) is 5.75 Å². The molecule has 2 aromatic carbocycles. The van der Waals surface area contributed by atoms with E-state index in [1.807, 2.05) is 30.3 Å². The molecule has 19 heavy (non-hydrogen) atoms. The second-order valence-electron chi connectivity index (χ2n) is 4.10. The predicted molar refractivity (Wildman–Crippen MR) is 84.2 cm³/mol. The van der Waals surface area contributed by atoms with Gasteiger partial charge in [0, 0.05) is 10.9 Å². The van der Waals surface area contributed by atoms with Crippen LogP contribution in [0.3, 0.4) is 0 Å². The smallest absolute Gasteiger partial charge is 0.318 e. The van der Waals surface area contributed by atoms with Crippen molar-refractivity contribution >= 4 is 54.5 Å². The minimum Gasteiger partial charge on any atom is -0.381 e. The number of aromatic amines is 1. The van der Waals surface area contributed by atoms with Gasteiger partial charge in [-0.3, -0.25) is 0 Å². The molecule has 0 radical (unpaired) electrons. The van der Waals surface area contributed by atoms with Crippen molar-refractivity contribution in [2.75, 3.05) is 3.76 Å². The Bertz CT molecular complexity index is 855. The van der Waals surface area contributed by atoms with Crippen LogP contribution in [0.15, 0.2) is 42.5 Å². The molecule has 98 valence electrons. The van der Waals surface area contributed by atoms with E-state index in [1.165, 1.54) is 0 Å². The van der Waals surface area contributed by atoms with Crippen LogP contribution in [0.4, 0.5) is 0 Å². The van der Waals surface area contributed by atoms with Crippen molar-refractivity contribution in [2.45, 2.75) is 0 Å². The van der Waals surface area contributed by atoms with Gasteiger partial charge in [0.15, 0.2) is 5.75 Å². The Morgan fingerprint density at radius 2 is 1.79 bits per heavy atom. The van der Waals surface area contributed by atoms with E-state index < -0.39 is 10.1 Å². The van der Waals surface area contributed by atoms with Gasteiger partial charge >= 0.3 is 10.1 Å². The van der Waals surface area contributed by atoms with Crippen molar-refractivity contribution in [3.05, 3.63) is 42.5 Å². The molecular weight excluding hydrogens is 377 g/mol. The maximum atomic E-state index is 11.6. The Hall–Kier alpha value is -1.28. The Morgan fingerprint density at radius 3 is 2.58 bits per heavy atom. The molecule has 3 aromatic rings. The fraction of sp³-hybridized carbons (Fsp3) is 0.0769. The number of para-hydroxylation sites is 1. The maximum absolute atomic E-state index is 11.6. The molecule has 0 aliphatic carbocycles. The molecule has 0 amide bonds. The number of nitrogens with one attached hydrogen (secondary N) is 1. The Morgan fingerprint density at radius 1 is 1.05 bits per heavy atom. The monoisotopic (exact) mass is 387 g/mol. The van der Waals surface area contributed by atoms with E-state index in [1.54, 1.807) is 34.7 Å². The highest BCUT2D eigenvalue weighted by Gasteiger charge is 2.15. The molecule has 0 unspecified atom stereocenters. The minimum atomic E-state index is -3.54. The van der Waals surface area contributed by atoms with Crippen molar-refractivity contribution in [1.82, 2.24) is 4.98 Å². The summed E-state index contributed by atoms with van der Waals surface area (Å²) in [7, 11) is -3.54. The van der Waals surface area contributed by atoms with Gasteiger partial charge in [-0.2, -0.15) is 8.42 Å². The number of alkyl halides is 1. The van der Waals surface area contributed by atoms with Gasteiger partial charge in [0.1, 0.15) is 3.76 Å². The Labute approximate surface area is 124 Å². The predicted octanol–water partition coefficient (Wildman–Crippen LogP) is 3.42. The van der Waals surface area contributed by atoms with Crippen LogP contribution in [0.2, 0.25) is 0 Å². The standard InChI is InChI=1S/C13H10INO3S/c14-8-19(16,17)18-12-7-3-6-11-13(12)9-4-1-2-5-10(9)15-11/h1-7,15H,8H2. The van der Waals surface area contributed by atoms with Crippen LogP contribution >= 0.6 is 22.6 Å². The van der Waals surface area contributed by atoms with Gasteiger partial charge in [0.25, 0.3) is 0 Å². The first kappa shape index (κ1) is 12.7. The molecule has 1 N–H and O–H groups in total. The number of fused-ring (bicyclic) bond motifs is 3. The number of H-pyrrole nitrogens is 1. The molecule has 0 saturated heterocycles. The lowest BCUT2D eigenvalue weighted by Crippen LogP contribution is -2.09. The number of aromatic nitrogens is 1. The summed E-state index contributed by atoms with van der Waals surface area (Å²) in [5.74, 6) is 0.367. The van der Waals surface area contributed by atoms with E-state index in [0.29, 0.717) is 5.75 Å². The van der Waals surface area contributed by atoms with Gasteiger partial charge < -0.3 is 9.17 Å². The van der Waals surface area contributed by atoms with E-state index in [0.717, 1.165) is 21.8 Å². The lowest BCUT2D eigenvalue weighted by Gasteiger charge is -2.05. The van der Waals surface area contributed by atoms with Crippen molar-refractivity contribution in [3.8, 4) is 5.75 Å². The number of benzene rings is 2. The van der Waals surface area contributed by atoms with E-state index in [-0.39, 0.29) is 3.76 Å². The topological polar surface area (TPSA) is 59.2 Å². The zero-order valence-electron chi connectivity index (χ0n) is 9.76. The van der Waals surface area contributed by atoms with E-state index in [9.17, 15) is 8.42 Å². The first-order chi connectivity index (χ1) is 9.11. The molecule has 0 saturated carbocycles. The first-order valence-electron chi connectivity index (χ1n) is 5.58. The number of halogens is 1. The average Bonchev–Trinajstić information content (AvgIpc) is 2.78. The van der Waals surface area contributed by atoms with Gasteiger partial charge in [-0.15, -0.1) is 0 Å². The van der Waals surface area contributed by atoms with Crippen LogP contribution in [0.25, 0.3) is 21.8 Å². The van der Waals surface area contributed by atoms with E-state index in [2.05, 4.69) is 4.98 Å². The lowest BCUT2D eigenvalue weighted by molar-refractivity contribution is 0.495. The summed E-state index contributed by atoms with van der Waals surface area (Å²) in [6.45, 7) is 0. The molecule has 0 spiro atoms. The number of hydrogen-bond donors (Lipinski definition) is 1. The van der Waals surface area contributed by atoms with Gasteiger partial charge in [0.2, 0.25) is 0 Å². The molecule has 3 rings (SSSR count). The Kier molecular flexibility index (Phi) is 3.14. The molecule has 0 bridgehead atoms. The second kappa shape index (κ2) is 4.68.